The van der Waals surface area contributed by atoms with E-state index in [1.165, 1.54) is 0 Å². The van der Waals surface area contributed by atoms with Crippen molar-refractivity contribution in [2.24, 2.45) is 0 Å². The van der Waals surface area contributed by atoms with Gasteiger partial charge >= 0.3 is 0 Å². The fraction of sp³-hybridized carbons (Fsp3) is 0.900. The summed E-state index contributed by atoms with van der Waals surface area (Å²) in [6.07, 6.45) is 2.09. The normalized spacial score (nSPS) is 24.4. The summed E-state index contributed by atoms with van der Waals surface area (Å²) in [5.74, 6) is 0.195. The molecule has 2 unspecified atom stereocenters. The first-order valence-corrected chi connectivity index (χ1v) is 5.28. The van der Waals surface area contributed by atoms with Gasteiger partial charge in [0.15, 0.2) is 0 Å². The van der Waals surface area contributed by atoms with E-state index in [-0.39, 0.29) is 18.1 Å². The Morgan fingerprint density at radius 1 is 1.64 bits per heavy atom. The molecular formula is C10H20N2O2. The van der Waals surface area contributed by atoms with Crippen molar-refractivity contribution in [3.63, 3.8) is 0 Å². The van der Waals surface area contributed by atoms with E-state index in [9.17, 15) is 4.79 Å². The van der Waals surface area contributed by atoms with Crippen LogP contribution in [0, 0.1) is 0 Å². The second kappa shape index (κ2) is 5.32. The lowest BCUT2D eigenvalue weighted by molar-refractivity contribution is -0.131. The van der Waals surface area contributed by atoms with Crippen LogP contribution in [0.5, 0.6) is 0 Å². The average Bonchev–Trinajstić information content (AvgIpc) is 2.56. The van der Waals surface area contributed by atoms with E-state index < -0.39 is 0 Å². The van der Waals surface area contributed by atoms with Crippen LogP contribution in [0.2, 0.25) is 0 Å². The van der Waals surface area contributed by atoms with Crippen molar-refractivity contribution in [1.29, 1.82) is 0 Å². The Balaban J connectivity index is 2.65. The lowest BCUT2D eigenvalue weighted by Gasteiger charge is -2.31. The van der Waals surface area contributed by atoms with Crippen molar-refractivity contribution in [2.75, 3.05) is 20.3 Å². The van der Waals surface area contributed by atoms with Gasteiger partial charge in [-0.3, -0.25) is 10.1 Å². The minimum Gasteiger partial charge on any atom is -0.383 e. The SMILES string of the molecule is CCC(COC)N1C(=O)CNC1CC. The van der Waals surface area contributed by atoms with Crippen LogP contribution in [0.4, 0.5) is 0 Å². The van der Waals surface area contributed by atoms with E-state index in [2.05, 4.69) is 19.2 Å². The van der Waals surface area contributed by atoms with Crippen molar-refractivity contribution in [2.45, 2.75) is 38.9 Å². The topological polar surface area (TPSA) is 41.6 Å². The predicted molar refractivity (Wildman–Crippen MR) is 54.9 cm³/mol. The summed E-state index contributed by atoms with van der Waals surface area (Å²) in [6.45, 7) is 5.27. The maximum Gasteiger partial charge on any atom is 0.238 e. The van der Waals surface area contributed by atoms with Gasteiger partial charge in [-0.25, -0.2) is 0 Å². The Kier molecular flexibility index (Phi) is 4.35. The molecule has 0 saturated carbocycles. The molecule has 0 aromatic rings. The van der Waals surface area contributed by atoms with Crippen molar-refractivity contribution in [3.05, 3.63) is 0 Å². The standard InChI is InChI=1S/C10H20N2O2/c1-4-8(7-14-3)12-9(5-2)11-6-10(12)13/h8-9,11H,4-7H2,1-3H3. The zero-order valence-electron chi connectivity index (χ0n) is 9.25. The summed E-state index contributed by atoms with van der Waals surface area (Å²) in [5, 5.41) is 3.20. The van der Waals surface area contributed by atoms with E-state index in [1.54, 1.807) is 7.11 Å². The minimum absolute atomic E-state index is 0.195. The lowest BCUT2D eigenvalue weighted by Crippen LogP contribution is -2.46. The number of carbonyl (C=O) groups excluding carboxylic acids is 1. The number of amides is 1. The predicted octanol–water partition coefficient (Wildman–Crippen LogP) is 0.579. The van der Waals surface area contributed by atoms with E-state index in [4.69, 9.17) is 4.74 Å². The highest BCUT2D eigenvalue weighted by molar-refractivity contribution is 5.81. The first kappa shape index (κ1) is 11.5. The number of nitrogens with zero attached hydrogens (tertiary/aromatic N) is 1. The van der Waals surface area contributed by atoms with Gasteiger partial charge < -0.3 is 9.64 Å². The lowest BCUT2D eigenvalue weighted by atomic mass is 10.2. The molecule has 0 aliphatic carbocycles. The average molecular weight is 200 g/mol. The molecule has 1 N–H and O–H groups in total. The Hall–Kier alpha value is -0.610. The first-order valence-electron chi connectivity index (χ1n) is 5.28. The molecule has 0 bridgehead atoms. The highest BCUT2D eigenvalue weighted by atomic mass is 16.5. The van der Waals surface area contributed by atoms with E-state index >= 15 is 0 Å². The van der Waals surface area contributed by atoms with Crippen LogP contribution >= 0.6 is 0 Å². The maximum atomic E-state index is 11.6. The molecule has 1 aliphatic rings. The number of rotatable bonds is 5. The van der Waals surface area contributed by atoms with Gasteiger partial charge in [0.2, 0.25) is 5.91 Å². The van der Waals surface area contributed by atoms with Crippen LogP contribution in [0.15, 0.2) is 0 Å². The monoisotopic (exact) mass is 200 g/mol. The number of ether oxygens (including phenoxy) is 1. The molecule has 1 aliphatic heterocycles. The van der Waals surface area contributed by atoms with Gasteiger partial charge in [0, 0.05) is 7.11 Å². The summed E-state index contributed by atoms with van der Waals surface area (Å²) in [4.78, 5) is 13.6. The van der Waals surface area contributed by atoms with Crippen LogP contribution in [0.25, 0.3) is 0 Å². The van der Waals surface area contributed by atoms with Gasteiger partial charge in [0.1, 0.15) is 0 Å². The zero-order valence-corrected chi connectivity index (χ0v) is 9.25. The molecule has 0 aromatic carbocycles. The number of methoxy groups -OCH3 is 1. The Morgan fingerprint density at radius 2 is 2.36 bits per heavy atom. The summed E-state index contributed by atoms with van der Waals surface area (Å²) in [6, 6.07) is 0.215. The van der Waals surface area contributed by atoms with E-state index in [0.29, 0.717) is 13.2 Å². The Labute approximate surface area is 85.6 Å². The van der Waals surface area contributed by atoms with Gasteiger partial charge in [-0.15, -0.1) is 0 Å². The van der Waals surface area contributed by atoms with Crippen molar-refractivity contribution in [3.8, 4) is 0 Å². The molecule has 1 rings (SSSR count). The summed E-state index contributed by atoms with van der Waals surface area (Å²) in [5.41, 5.74) is 0. The van der Waals surface area contributed by atoms with E-state index in [1.807, 2.05) is 4.90 Å². The molecular weight excluding hydrogens is 180 g/mol. The Morgan fingerprint density at radius 3 is 2.86 bits per heavy atom. The molecule has 1 saturated heterocycles. The van der Waals surface area contributed by atoms with Crippen LogP contribution in [-0.4, -0.2) is 43.3 Å². The highest BCUT2D eigenvalue weighted by Crippen LogP contribution is 2.15. The molecule has 0 aromatic heterocycles. The molecule has 0 spiro atoms. The summed E-state index contributed by atoms with van der Waals surface area (Å²) in [7, 11) is 1.68. The molecule has 1 heterocycles. The van der Waals surface area contributed by atoms with Gasteiger partial charge in [-0.2, -0.15) is 0 Å². The summed E-state index contributed by atoms with van der Waals surface area (Å²) >= 11 is 0. The van der Waals surface area contributed by atoms with Gasteiger partial charge in [0.05, 0.1) is 25.4 Å². The molecule has 1 amide bonds. The highest BCUT2D eigenvalue weighted by Gasteiger charge is 2.33. The second-order valence-corrected chi connectivity index (χ2v) is 3.62. The molecule has 2 atom stereocenters. The van der Waals surface area contributed by atoms with Crippen LogP contribution in [0.1, 0.15) is 26.7 Å². The molecule has 4 nitrogen and oxygen atoms in total. The van der Waals surface area contributed by atoms with Crippen molar-refractivity contribution >= 4 is 5.91 Å². The third kappa shape index (κ3) is 2.25. The van der Waals surface area contributed by atoms with Crippen molar-refractivity contribution in [1.82, 2.24) is 10.2 Å². The smallest absolute Gasteiger partial charge is 0.238 e. The quantitative estimate of drug-likeness (QED) is 0.706. The second-order valence-electron chi connectivity index (χ2n) is 3.62. The van der Waals surface area contributed by atoms with E-state index in [0.717, 1.165) is 12.8 Å². The van der Waals surface area contributed by atoms with Gasteiger partial charge in [-0.1, -0.05) is 13.8 Å². The number of hydrogen-bond acceptors (Lipinski definition) is 3. The van der Waals surface area contributed by atoms with Gasteiger partial charge in [-0.05, 0) is 12.8 Å². The van der Waals surface area contributed by atoms with Crippen molar-refractivity contribution < 1.29 is 9.53 Å². The third-order valence-corrected chi connectivity index (χ3v) is 2.72. The maximum absolute atomic E-state index is 11.6. The molecule has 4 heteroatoms. The van der Waals surface area contributed by atoms with Crippen LogP contribution in [0.3, 0.4) is 0 Å². The largest absolute Gasteiger partial charge is 0.383 e. The molecule has 1 fully saturated rings. The number of carbonyl (C=O) groups is 1. The third-order valence-electron chi connectivity index (χ3n) is 2.72. The summed E-state index contributed by atoms with van der Waals surface area (Å²) < 4.78 is 5.13. The van der Waals surface area contributed by atoms with Crippen LogP contribution in [-0.2, 0) is 9.53 Å². The fourth-order valence-corrected chi connectivity index (χ4v) is 1.95. The zero-order chi connectivity index (χ0) is 10.6. The van der Waals surface area contributed by atoms with Crippen LogP contribution < -0.4 is 5.32 Å². The fourth-order valence-electron chi connectivity index (χ4n) is 1.95. The first-order chi connectivity index (χ1) is 6.74. The molecule has 0 radical (unpaired) electrons. The molecule has 14 heavy (non-hydrogen) atoms. The van der Waals surface area contributed by atoms with Gasteiger partial charge in [0.25, 0.3) is 0 Å². The minimum atomic E-state index is 0.195. The Bertz CT molecular complexity index is 197. The molecule has 82 valence electrons. The number of nitrogens with one attached hydrogen (secondary N) is 1. The number of hydrogen-bond donors (Lipinski definition) is 1.